The minimum Gasteiger partial charge on any atom is -0.497 e. The van der Waals surface area contributed by atoms with Crippen molar-refractivity contribution < 1.29 is 9.66 Å². The minimum atomic E-state index is -0.407. The number of nitro groups is 1. The summed E-state index contributed by atoms with van der Waals surface area (Å²) in [5, 5.41) is 18.1. The number of nitrogens with zero attached hydrogens (tertiary/aromatic N) is 3. The first-order chi connectivity index (χ1) is 9.70. The maximum absolute atomic E-state index is 11.0. The molecule has 0 saturated carbocycles. The number of anilines is 1. The summed E-state index contributed by atoms with van der Waals surface area (Å²) < 4.78 is 6.90. The van der Waals surface area contributed by atoms with Crippen molar-refractivity contribution in [1.82, 2.24) is 9.78 Å². The van der Waals surface area contributed by atoms with Crippen molar-refractivity contribution in [2.24, 2.45) is 0 Å². The van der Waals surface area contributed by atoms with E-state index in [0.717, 1.165) is 13.0 Å². The molecule has 2 aromatic rings. The Morgan fingerprint density at radius 2 is 2.35 bits per heavy atom. The quantitative estimate of drug-likeness (QED) is 0.476. The topological polar surface area (TPSA) is 82.2 Å². The lowest BCUT2D eigenvalue weighted by atomic mass is 10.2. The SMILES string of the molecule is COc1ccc([N+](=O)[O-])c(NCCCn2cccn2)c1. The van der Waals surface area contributed by atoms with E-state index in [1.807, 2.05) is 16.9 Å². The van der Waals surface area contributed by atoms with E-state index in [9.17, 15) is 10.1 Å². The fourth-order valence-corrected chi connectivity index (χ4v) is 1.84. The highest BCUT2D eigenvalue weighted by molar-refractivity contribution is 5.64. The van der Waals surface area contributed by atoms with Gasteiger partial charge in [-0.25, -0.2) is 0 Å². The Morgan fingerprint density at radius 1 is 1.50 bits per heavy atom. The summed E-state index contributed by atoms with van der Waals surface area (Å²) in [6.07, 6.45) is 4.42. The molecule has 0 unspecified atom stereocenters. The van der Waals surface area contributed by atoms with Crippen LogP contribution in [0.4, 0.5) is 11.4 Å². The summed E-state index contributed by atoms with van der Waals surface area (Å²) >= 11 is 0. The molecule has 0 atom stereocenters. The Labute approximate surface area is 116 Å². The Morgan fingerprint density at radius 3 is 3.00 bits per heavy atom. The van der Waals surface area contributed by atoms with Crippen molar-refractivity contribution in [2.45, 2.75) is 13.0 Å². The number of aromatic nitrogens is 2. The average Bonchev–Trinajstić information content (AvgIpc) is 2.96. The molecule has 1 N–H and O–H groups in total. The highest BCUT2D eigenvalue weighted by atomic mass is 16.6. The molecule has 0 spiro atoms. The maximum Gasteiger partial charge on any atom is 0.292 e. The van der Waals surface area contributed by atoms with Crippen molar-refractivity contribution in [3.8, 4) is 5.75 Å². The summed E-state index contributed by atoms with van der Waals surface area (Å²) in [5.74, 6) is 0.588. The number of aryl methyl sites for hydroxylation is 1. The van der Waals surface area contributed by atoms with Crippen LogP contribution >= 0.6 is 0 Å². The maximum atomic E-state index is 11.0. The van der Waals surface area contributed by atoms with Gasteiger partial charge in [-0.15, -0.1) is 0 Å². The van der Waals surface area contributed by atoms with Gasteiger partial charge in [0, 0.05) is 37.6 Å². The lowest BCUT2D eigenvalue weighted by Gasteiger charge is -2.09. The first-order valence-electron chi connectivity index (χ1n) is 6.24. The Hall–Kier alpha value is -2.57. The predicted octanol–water partition coefficient (Wildman–Crippen LogP) is 2.30. The zero-order valence-corrected chi connectivity index (χ0v) is 11.2. The molecule has 0 radical (unpaired) electrons. The van der Waals surface area contributed by atoms with Crippen LogP contribution in [0.5, 0.6) is 5.75 Å². The van der Waals surface area contributed by atoms with Gasteiger partial charge in [0.2, 0.25) is 0 Å². The number of nitro benzene ring substituents is 1. The largest absolute Gasteiger partial charge is 0.497 e. The lowest BCUT2D eigenvalue weighted by Crippen LogP contribution is -2.08. The van der Waals surface area contributed by atoms with Gasteiger partial charge in [0.05, 0.1) is 12.0 Å². The molecule has 20 heavy (non-hydrogen) atoms. The van der Waals surface area contributed by atoms with E-state index in [2.05, 4.69) is 10.4 Å². The summed E-state index contributed by atoms with van der Waals surface area (Å²) in [6, 6.07) is 6.51. The molecule has 2 rings (SSSR count). The van der Waals surface area contributed by atoms with Crippen molar-refractivity contribution >= 4 is 11.4 Å². The summed E-state index contributed by atoms with van der Waals surface area (Å²) in [6.45, 7) is 1.38. The molecule has 0 bridgehead atoms. The van der Waals surface area contributed by atoms with E-state index in [0.29, 0.717) is 18.0 Å². The molecule has 106 valence electrons. The van der Waals surface area contributed by atoms with Crippen LogP contribution < -0.4 is 10.1 Å². The third-order valence-corrected chi connectivity index (χ3v) is 2.84. The number of hydrogen-bond acceptors (Lipinski definition) is 5. The fourth-order valence-electron chi connectivity index (χ4n) is 1.84. The first kappa shape index (κ1) is 13.9. The van der Waals surface area contributed by atoms with Gasteiger partial charge in [-0.2, -0.15) is 5.10 Å². The zero-order chi connectivity index (χ0) is 14.4. The summed E-state index contributed by atoms with van der Waals surface area (Å²) in [5.41, 5.74) is 0.514. The molecule has 1 aromatic carbocycles. The van der Waals surface area contributed by atoms with Crippen LogP contribution in [0, 0.1) is 10.1 Å². The Bertz CT molecular complexity index is 569. The number of rotatable bonds is 7. The first-order valence-corrected chi connectivity index (χ1v) is 6.24. The van der Waals surface area contributed by atoms with Gasteiger partial charge in [-0.3, -0.25) is 14.8 Å². The van der Waals surface area contributed by atoms with Crippen LogP contribution in [0.1, 0.15) is 6.42 Å². The van der Waals surface area contributed by atoms with E-state index in [1.54, 1.807) is 18.3 Å². The molecule has 7 heteroatoms. The third kappa shape index (κ3) is 3.47. The molecule has 0 amide bonds. The second-order valence-electron chi connectivity index (χ2n) is 4.19. The molecule has 0 fully saturated rings. The van der Waals surface area contributed by atoms with Crippen molar-refractivity contribution in [2.75, 3.05) is 19.0 Å². The molecule has 0 aliphatic heterocycles. The highest BCUT2D eigenvalue weighted by Crippen LogP contribution is 2.28. The van der Waals surface area contributed by atoms with Crippen LogP contribution in [0.15, 0.2) is 36.7 Å². The normalized spacial score (nSPS) is 10.2. The smallest absolute Gasteiger partial charge is 0.292 e. The lowest BCUT2D eigenvalue weighted by molar-refractivity contribution is -0.384. The molecule has 0 saturated heterocycles. The van der Waals surface area contributed by atoms with Gasteiger partial charge in [0.1, 0.15) is 11.4 Å². The van der Waals surface area contributed by atoms with E-state index in [4.69, 9.17) is 4.74 Å². The van der Waals surface area contributed by atoms with Gasteiger partial charge in [-0.1, -0.05) is 0 Å². The van der Waals surface area contributed by atoms with E-state index in [1.165, 1.54) is 13.2 Å². The van der Waals surface area contributed by atoms with Gasteiger partial charge in [0.25, 0.3) is 5.69 Å². The van der Waals surface area contributed by atoms with Crippen LogP contribution in [0.3, 0.4) is 0 Å². The second-order valence-corrected chi connectivity index (χ2v) is 4.19. The Balaban J connectivity index is 1.95. The van der Waals surface area contributed by atoms with Crippen LogP contribution in [-0.4, -0.2) is 28.4 Å². The van der Waals surface area contributed by atoms with Gasteiger partial charge < -0.3 is 10.1 Å². The van der Waals surface area contributed by atoms with Crippen molar-refractivity contribution in [3.05, 3.63) is 46.8 Å². The number of ether oxygens (including phenoxy) is 1. The van der Waals surface area contributed by atoms with Crippen molar-refractivity contribution in [3.63, 3.8) is 0 Å². The minimum absolute atomic E-state index is 0.0462. The monoisotopic (exact) mass is 276 g/mol. The van der Waals surface area contributed by atoms with Gasteiger partial charge in [-0.05, 0) is 18.6 Å². The standard InChI is InChI=1S/C13H16N4O3/c1-20-11-4-5-13(17(18)19)12(10-11)14-6-2-8-16-9-3-7-15-16/h3-5,7,9-10,14H,2,6,8H2,1H3. The second kappa shape index (κ2) is 6.55. The molecule has 1 heterocycles. The molecule has 0 aliphatic rings. The van der Waals surface area contributed by atoms with Crippen LogP contribution in [0.2, 0.25) is 0 Å². The zero-order valence-electron chi connectivity index (χ0n) is 11.2. The van der Waals surface area contributed by atoms with Crippen LogP contribution in [0.25, 0.3) is 0 Å². The number of methoxy groups -OCH3 is 1. The van der Waals surface area contributed by atoms with E-state index >= 15 is 0 Å². The van der Waals surface area contributed by atoms with Gasteiger partial charge >= 0.3 is 0 Å². The Kier molecular flexibility index (Phi) is 4.54. The summed E-state index contributed by atoms with van der Waals surface area (Å²) in [4.78, 5) is 10.5. The molecule has 0 aliphatic carbocycles. The van der Waals surface area contributed by atoms with Gasteiger partial charge in [0.15, 0.2) is 0 Å². The van der Waals surface area contributed by atoms with E-state index < -0.39 is 4.92 Å². The molecule has 1 aromatic heterocycles. The molecule has 7 nitrogen and oxygen atoms in total. The number of benzene rings is 1. The summed E-state index contributed by atoms with van der Waals surface area (Å²) in [7, 11) is 1.53. The van der Waals surface area contributed by atoms with E-state index in [-0.39, 0.29) is 5.69 Å². The number of nitrogens with one attached hydrogen (secondary N) is 1. The highest BCUT2D eigenvalue weighted by Gasteiger charge is 2.13. The van der Waals surface area contributed by atoms with Crippen molar-refractivity contribution in [1.29, 1.82) is 0 Å². The average molecular weight is 276 g/mol. The molecular weight excluding hydrogens is 260 g/mol. The fraction of sp³-hybridized carbons (Fsp3) is 0.308. The predicted molar refractivity (Wildman–Crippen MR) is 75.0 cm³/mol. The van der Waals surface area contributed by atoms with Crippen LogP contribution in [-0.2, 0) is 6.54 Å². The molecular formula is C13H16N4O3. The number of hydrogen-bond donors (Lipinski definition) is 1. The third-order valence-electron chi connectivity index (χ3n) is 2.84.